The number of ether oxygens (including phenoxy) is 1. The molecule has 1 aliphatic carbocycles. The second kappa shape index (κ2) is 9.84. The topological polar surface area (TPSA) is 79.5 Å². The molecule has 0 spiro atoms. The highest BCUT2D eigenvalue weighted by Crippen LogP contribution is 2.18. The third kappa shape index (κ3) is 8.21. The van der Waals surface area contributed by atoms with Crippen molar-refractivity contribution < 1.29 is 14.3 Å². The minimum absolute atomic E-state index is 0.0237. The van der Waals surface area contributed by atoms with Crippen LogP contribution in [0, 0.1) is 0 Å². The number of urea groups is 1. The first-order valence-corrected chi connectivity index (χ1v) is 8.17. The van der Waals surface area contributed by atoms with E-state index in [1.54, 1.807) is 0 Å². The lowest BCUT2D eigenvalue weighted by molar-refractivity contribution is -0.120. The van der Waals surface area contributed by atoms with Crippen molar-refractivity contribution in [2.24, 2.45) is 0 Å². The Morgan fingerprint density at radius 1 is 1.09 bits per heavy atom. The smallest absolute Gasteiger partial charge is 0.315 e. The van der Waals surface area contributed by atoms with Crippen LogP contribution in [0.15, 0.2) is 30.3 Å². The maximum Gasteiger partial charge on any atom is 0.315 e. The molecule has 0 aliphatic heterocycles. The molecule has 1 aromatic rings. The van der Waals surface area contributed by atoms with E-state index in [1.807, 2.05) is 18.2 Å². The molecule has 1 fully saturated rings. The Morgan fingerprint density at radius 2 is 1.87 bits per heavy atom. The molecule has 0 radical (unpaired) electrons. The lowest BCUT2D eigenvalue weighted by Crippen LogP contribution is -2.42. The van der Waals surface area contributed by atoms with E-state index < -0.39 is 0 Å². The zero-order valence-electron chi connectivity index (χ0n) is 13.3. The van der Waals surface area contributed by atoms with Gasteiger partial charge in [-0.25, -0.2) is 4.79 Å². The van der Waals surface area contributed by atoms with Gasteiger partial charge in [0.1, 0.15) is 0 Å². The standard InChI is InChI=1S/C17H25N3O3/c21-16(20-15-7-8-15)13-19-17(22)18-10-4-11-23-12-9-14-5-2-1-3-6-14/h1-3,5-6,15H,4,7-13H2,(H,20,21)(H2,18,19,22). The van der Waals surface area contributed by atoms with E-state index in [9.17, 15) is 9.59 Å². The van der Waals surface area contributed by atoms with Crippen LogP contribution in [0.5, 0.6) is 0 Å². The van der Waals surface area contributed by atoms with E-state index >= 15 is 0 Å². The Labute approximate surface area is 137 Å². The summed E-state index contributed by atoms with van der Waals surface area (Å²) in [7, 11) is 0. The number of carbonyl (C=O) groups excluding carboxylic acids is 2. The number of benzene rings is 1. The molecular weight excluding hydrogens is 294 g/mol. The Hall–Kier alpha value is -2.08. The second-order valence-electron chi connectivity index (χ2n) is 5.65. The van der Waals surface area contributed by atoms with Crippen LogP contribution in [0.1, 0.15) is 24.8 Å². The van der Waals surface area contributed by atoms with Crippen molar-refractivity contribution in [2.45, 2.75) is 31.7 Å². The molecule has 6 heteroatoms. The molecule has 0 aromatic heterocycles. The first-order chi connectivity index (χ1) is 11.2. The summed E-state index contributed by atoms with van der Waals surface area (Å²) in [6.45, 7) is 1.84. The molecule has 1 aromatic carbocycles. The van der Waals surface area contributed by atoms with Crippen molar-refractivity contribution in [1.82, 2.24) is 16.0 Å². The zero-order valence-corrected chi connectivity index (χ0v) is 13.3. The molecular formula is C17H25N3O3. The van der Waals surface area contributed by atoms with Crippen LogP contribution in [0.3, 0.4) is 0 Å². The van der Waals surface area contributed by atoms with Gasteiger partial charge in [-0.15, -0.1) is 0 Å². The van der Waals surface area contributed by atoms with Crippen molar-refractivity contribution in [2.75, 3.05) is 26.3 Å². The number of amides is 3. The molecule has 1 saturated carbocycles. The Kier molecular flexibility index (Phi) is 7.39. The summed E-state index contributed by atoms with van der Waals surface area (Å²) in [4.78, 5) is 22.9. The fourth-order valence-electron chi connectivity index (χ4n) is 2.04. The number of nitrogens with one attached hydrogen (secondary N) is 3. The molecule has 0 unspecified atom stereocenters. The molecule has 126 valence electrons. The summed E-state index contributed by atoms with van der Waals surface area (Å²) < 4.78 is 5.53. The summed E-state index contributed by atoms with van der Waals surface area (Å²) in [5.41, 5.74) is 1.26. The minimum atomic E-state index is -0.319. The monoisotopic (exact) mass is 319 g/mol. The van der Waals surface area contributed by atoms with Crippen LogP contribution in [-0.2, 0) is 16.0 Å². The van der Waals surface area contributed by atoms with E-state index in [0.717, 1.165) is 25.7 Å². The third-order valence-corrected chi connectivity index (χ3v) is 3.48. The first kappa shape index (κ1) is 17.3. The van der Waals surface area contributed by atoms with Gasteiger partial charge in [-0.2, -0.15) is 0 Å². The molecule has 0 heterocycles. The predicted molar refractivity (Wildman–Crippen MR) is 88.1 cm³/mol. The first-order valence-electron chi connectivity index (χ1n) is 8.17. The van der Waals surface area contributed by atoms with Crippen LogP contribution < -0.4 is 16.0 Å². The highest BCUT2D eigenvalue weighted by molar-refractivity contribution is 5.84. The number of hydrogen-bond donors (Lipinski definition) is 3. The fraction of sp³-hybridized carbons (Fsp3) is 0.529. The summed E-state index contributed by atoms with van der Waals surface area (Å²) in [5.74, 6) is -0.133. The van der Waals surface area contributed by atoms with Gasteiger partial charge < -0.3 is 20.7 Å². The quantitative estimate of drug-likeness (QED) is 0.567. The van der Waals surface area contributed by atoms with E-state index in [4.69, 9.17) is 4.74 Å². The zero-order chi connectivity index (χ0) is 16.3. The molecule has 3 amide bonds. The molecule has 2 rings (SSSR count). The second-order valence-corrected chi connectivity index (χ2v) is 5.65. The molecule has 23 heavy (non-hydrogen) atoms. The van der Waals surface area contributed by atoms with Gasteiger partial charge in [0.05, 0.1) is 13.2 Å². The predicted octanol–water partition coefficient (Wildman–Crippen LogP) is 1.21. The van der Waals surface area contributed by atoms with Crippen LogP contribution in [0.25, 0.3) is 0 Å². The lowest BCUT2D eigenvalue weighted by atomic mass is 10.2. The van der Waals surface area contributed by atoms with Crippen LogP contribution in [0.4, 0.5) is 4.79 Å². The SMILES string of the molecule is O=C(CNC(=O)NCCCOCCc1ccccc1)NC1CC1. The average molecular weight is 319 g/mol. The van der Waals surface area contributed by atoms with E-state index in [2.05, 4.69) is 28.1 Å². The largest absolute Gasteiger partial charge is 0.381 e. The number of hydrogen-bond acceptors (Lipinski definition) is 3. The van der Waals surface area contributed by atoms with Crippen molar-refractivity contribution in [1.29, 1.82) is 0 Å². The highest BCUT2D eigenvalue weighted by atomic mass is 16.5. The number of rotatable bonds is 10. The van der Waals surface area contributed by atoms with Crippen LogP contribution in [-0.4, -0.2) is 44.3 Å². The third-order valence-electron chi connectivity index (χ3n) is 3.48. The lowest BCUT2D eigenvalue weighted by Gasteiger charge is -2.08. The molecule has 0 bridgehead atoms. The molecule has 3 N–H and O–H groups in total. The summed E-state index contributed by atoms with van der Waals surface area (Å²) in [6, 6.07) is 10.2. The van der Waals surface area contributed by atoms with Gasteiger partial charge in [-0.1, -0.05) is 30.3 Å². The van der Waals surface area contributed by atoms with Gasteiger partial charge in [0.15, 0.2) is 0 Å². The molecule has 6 nitrogen and oxygen atoms in total. The van der Waals surface area contributed by atoms with Crippen molar-refractivity contribution in [3.05, 3.63) is 35.9 Å². The highest BCUT2D eigenvalue weighted by Gasteiger charge is 2.22. The maximum absolute atomic E-state index is 11.5. The minimum Gasteiger partial charge on any atom is -0.381 e. The Balaban J connectivity index is 1.39. The van der Waals surface area contributed by atoms with Crippen LogP contribution >= 0.6 is 0 Å². The maximum atomic E-state index is 11.5. The van der Waals surface area contributed by atoms with Gasteiger partial charge in [-0.3, -0.25) is 4.79 Å². The van der Waals surface area contributed by atoms with Gasteiger partial charge in [0.25, 0.3) is 0 Å². The fourth-order valence-corrected chi connectivity index (χ4v) is 2.04. The van der Waals surface area contributed by atoms with Gasteiger partial charge in [0.2, 0.25) is 5.91 Å². The normalized spacial score (nSPS) is 13.4. The molecule has 0 saturated heterocycles. The summed E-state index contributed by atoms with van der Waals surface area (Å²) in [5, 5.41) is 8.05. The Morgan fingerprint density at radius 3 is 2.61 bits per heavy atom. The van der Waals surface area contributed by atoms with E-state index in [0.29, 0.717) is 25.8 Å². The van der Waals surface area contributed by atoms with Crippen molar-refractivity contribution >= 4 is 11.9 Å². The van der Waals surface area contributed by atoms with E-state index in [-0.39, 0.29) is 18.5 Å². The van der Waals surface area contributed by atoms with Crippen molar-refractivity contribution in [3.8, 4) is 0 Å². The molecule has 1 aliphatic rings. The van der Waals surface area contributed by atoms with Gasteiger partial charge in [-0.05, 0) is 31.2 Å². The summed E-state index contributed by atoms with van der Waals surface area (Å²) >= 11 is 0. The van der Waals surface area contributed by atoms with E-state index in [1.165, 1.54) is 5.56 Å². The van der Waals surface area contributed by atoms with Crippen molar-refractivity contribution in [3.63, 3.8) is 0 Å². The van der Waals surface area contributed by atoms with Crippen LogP contribution in [0.2, 0.25) is 0 Å². The Bertz CT molecular complexity index is 489. The number of carbonyl (C=O) groups is 2. The summed E-state index contributed by atoms with van der Waals surface area (Å²) in [6.07, 6.45) is 3.73. The van der Waals surface area contributed by atoms with Gasteiger partial charge in [0, 0.05) is 19.2 Å². The van der Waals surface area contributed by atoms with Gasteiger partial charge >= 0.3 is 6.03 Å². The average Bonchev–Trinajstić information content (AvgIpc) is 3.37. The molecule has 0 atom stereocenters.